The van der Waals surface area contributed by atoms with E-state index in [1.807, 2.05) is 23.1 Å². The first kappa shape index (κ1) is 15.6. The van der Waals surface area contributed by atoms with E-state index in [0.29, 0.717) is 23.9 Å². The summed E-state index contributed by atoms with van der Waals surface area (Å²) >= 11 is 4.99. The standard InChI is InChI=1S/C16H14F3N3S/c17-16(18,19)11-4-2-5-12(7-11)21-14-6-1-3-10-8-22(15(20)23)9-13(10)14/h1-7,21H,8-9H2,(H2,20,23). The van der Waals surface area contributed by atoms with Gasteiger partial charge in [0.25, 0.3) is 0 Å². The van der Waals surface area contributed by atoms with Gasteiger partial charge in [-0.25, -0.2) is 0 Å². The molecule has 0 saturated carbocycles. The Morgan fingerprint density at radius 3 is 2.57 bits per heavy atom. The minimum absolute atomic E-state index is 0.311. The second-order valence-electron chi connectivity index (χ2n) is 5.34. The maximum Gasteiger partial charge on any atom is 0.416 e. The van der Waals surface area contributed by atoms with Crippen molar-refractivity contribution < 1.29 is 13.2 Å². The molecule has 0 unspecified atom stereocenters. The molecule has 0 spiro atoms. The molecule has 120 valence electrons. The van der Waals surface area contributed by atoms with Gasteiger partial charge in [-0.15, -0.1) is 0 Å². The first-order valence-electron chi connectivity index (χ1n) is 6.94. The molecule has 1 aliphatic rings. The van der Waals surface area contributed by atoms with Crippen LogP contribution in [0.1, 0.15) is 16.7 Å². The lowest BCUT2D eigenvalue weighted by Crippen LogP contribution is -2.30. The van der Waals surface area contributed by atoms with Crippen molar-refractivity contribution in [2.45, 2.75) is 19.3 Å². The van der Waals surface area contributed by atoms with Crippen molar-refractivity contribution in [2.75, 3.05) is 5.32 Å². The Kier molecular flexibility index (Phi) is 3.89. The molecule has 0 fully saturated rings. The number of alkyl halides is 3. The fourth-order valence-electron chi connectivity index (χ4n) is 2.62. The van der Waals surface area contributed by atoms with E-state index in [9.17, 15) is 13.2 Å². The Morgan fingerprint density at radius 2 is 1.87 bits per heavy atom. The second kappa shape index (κ2) is 5.73. The Bertz CT molecular complexity index is 758. The zero-order valence-corrected chi connectivity index (χ0v) is 12.8. The SMILES string of the molecule is NC(=S)N1Cc2cccc(Nc3cccc(C(F)(F)F)c3)c2C1. The molecule has 0 aromatic heterocycles. The number of halogens is 3. The van der Waals surface area contributed by atoms with Gasteiger partial charge >= 0.3 is 6.18 Å². The van der Waals surface area contributed by atoms with E-state index in [1.54, 1.807) is 6.07 Å². The fourth-order valence-corrected chi connectivity index (χ4v) is 2.75. The summed E-state index contributed by atoms with van der Waals surface area (Å²) in [6.45, 7) is 1.16. The number of hydrogen-bond acceptors (Lipinski definition) is 2. The largest absolute Gasteiger partial charge is 0.416 e. The van der Waals surface area contributed by atoms with Crippen molar-refractivity contribution in [1.82, 2.24) is 4.90 Å². The van der Waals surface area contributed by atoms with Crippen LogP contribution in [0.15, 0.2) is 42.5 Å². The molecule has 0 radical (unpaired) electrons. The molecule has 0 atom stereocenters. The van der Waals surface area contributed by atoms with Gasteiger partial charge in [-0.05, 0) is 47.6 Å². The monoisotopic (exact) mass is 337 g/mol. The van der Waals surface area contributed by atoms with E-state index in [0.717, 1.165) is 28.9 Å². The summed E-state index contributed by atoms with van der Waals surface area (Å²) in [7, 11) is 0. The van der Waals surface area contributed by atoms with Gasteiger partial charge in [0.1, 0.15) is 0 Å². The van der Waals surface area contributed by atoms with Gasteiger partial charge in [-0.1, -0.05) is 18.2 Å². The lowest BCUT2D eigenvalue weighted by Gasteiger charge is -2.15. The number of nitrogens with one attached hydrogen (secondary N) is 1. The van der Waals surface area contributed by atoms with Crippen LogP contribution in [-0.4, -0.2) is 10.0 Å². The third-order valence-electron chi connectivity index (χ3n) is 3.76. The first-order chi connectivity index (χ1) is 10.8. The van der Waals surface area contributed by atoms with E-state index in [-0.39, 0.29) is 0 Å². The highest BCUT2D eigenvalue weighted by atomic mass is 32.1. The Labute approximate surface area is 136 Å². The third kappa shape index (κ3) is 3.24. The van der Waals surface area contributed by atoms with Crippen LogP contribution in [0, 0.1) is 0 Å². The van der Waals surface area contributed by atoms with E-state index < -0.39 is 11.7 Å². The van der Waals surface area contributed by atoms with Crippen LogP contribution in [0.3, 0.4) is 0 Å². The Hall–Kier alpha value is -2.28. The minimum Gasteiger partial charge on any atom is -0.376 e. The molecule has 3 rings (SSSR count). The molecule has 0 saturated heterocycles. The number of fused-ring (bicyclic) bond motifs is 1. The van der Waals surface area contributed by atoms with Crippen LogP contribution < -0.4 is 11.1 Å². The van der Waals surface area contributed by atoms with Gasteiger partial charge in [0.15, 0.2) is 5.11 Å². The molecule has 7 heteroatoms. The molecular weight excluding hydrogens is 323 g/mol. The van der Waals surface area contributed by atoms with Crippen LogP contribution >= 0.6 is 12.2 Å². The number of anilines is 2. The minimum atomic E-state index is -4.36. The quantitative estimate of drug-likeness (QED) is 0.813. The van der Waals surface area contributed by atoms with Gasteiger partial charge in [-0.3, -0.25) is 0 Å². The highest BCUT2D eigenvalue weighted by Gasteiger charge is 2.30. The number of benzene rings is 2. The van der Waals surface area contributed by atoms with Crippen molar-refractivity contribution in [3.05, 3.63) is 59.2 Å². The summed E-state index contributed by atoms with van der Waals surface area (Å²) in [4.78, 5) is 1.84. The van der Waals surface area contributed by atoms with Crippen molar-refractivity contribution in [1.29, 1.82) is 0 Å². The smallest absolute Gasteiger partial charge is 0.376 e. The average molecular weight is 337 g/mol. The zero-order chi connectivity index (χ0) is 16.6. The molecule has 0 aliphatic carbocycles. The van der Waals surface area contributed by atoms with Gasteiger partial charge in [0.05, 0.1) is 5.56 Å². The van der Waals surface area contributed by atoms with E-state index in [2.05, 4.69) is 5.32 Å². The van der Waals surface area contributed by atoms with Crippen LogP contribution in [0.4, 0.5) is 24.5 Å². The summed E-state index contributed by atoms with van der Waals surface area (Å²) in [5, 5.41) is 3.38. The molecule has 3 N–H and O–H groups in total. The molecule has 1 aliphatic heterocycles. The van der Waals surface area contributed by atoms with E-state index >= 15 is 0 Å². The molecule has 2 aromatic rings. The Morgan fingerprint density at radius 1 is 1.13 bits per heavy atom. The van der Waals surface area contributed by atoms with Crippen LogP contribution in [0.25, 0.3) is 0 Å². The summed E-state index contributed by atoms with van der Waals surface area (Å²) in [5.74, 6) is 0. The number of hydrogen-bond donors (Lipinski definition) is 2. The lowest BCUT2D eigenvalue weighted by molar-refractivity contribution is -0.137. The second-order valence-corrected chi connectivity index (χ2v) is 5.76. The van der Waals surface area contributed by atoms with Gasteiger partial charge < -0.3 is 16.0 Å². The molecule has 23 heavy (non-hydrogen) atoms. The predicted molar refractivity (Wildman–Crippen MR) is 87.2 cm³/mol. The fraction of sp³-hybridized carbons (Fsp3) is 0.188. The van der Waals surface area contributed by atoms with E-state index in [1.165, 1.54) is 6.07 Å². The first-order valence-corrected chi connectivity index (χ1v) is 7.35. The average Bonchev–Trinajstić information content (AvgIpc) is 2.92. The maximum atomic E-state index is 12.8. The van der Waals surface area contributed by atoms with Gasteiger partial charge in [0, 0.05) is 24.5 Å². The number of nitrogens with two attached hydrogens (primary N) is 1. The topological polar surface area (TPSA) is 41.3 Å². The summed E-state index contributed by atoms with van der Waals surface area (Å²) < 4.78 is 38.4. The summed E-state index contributed by atoms with van der Waals surface area (Å²) in [5.41, 5.74) is 8.20. The van der Waals surface area contributed by atoms with Crippen LogP contribution in [0.2, 0.25) is 0 Å². The number of thiocarbonyl (C=S) groups is 1. The van der Waals surface area contributed by atoms with Crippen molar-refractivity contribution in [2.24, 2.45) is 5.73 Å². The zero-order valence-electron chi connectivity index (χ0n) is 12.0. The summed E-state index contributed by atoms with van der Waals surface area (Å²) in [6, 6.07) is 10.8. The van der Waals surface area contributed by atoms with Crippen LogP contribution in [0.5, 0.6) is 0 Å². The highest BCUT2D eigenvalue weighted by molar-refractivity contribution is 7.80. The predicted octanol–water partition coefficient (Wildman–Crippen LogP) is 4.01. The number of rotatable bonds is 2. The highest BCUT2D eigenvalue weighted by Crippen LogP contribution is 2.34. The molecule has 1 heterocycles. The lowest BCUT2D eigenvalue weighted by atomic mass is 10.1. The van der Waals surface area contributed by atoms with E-state index in [4.69, 9.17) is 18.0 Å². The molecular formula is C16H14F3N3S. The molecule has 0 bridgehead atoms. The summed E-state index contributed by atoms with van der Waals surface area (Å²) in [6.07, 6.45) is -4.36. The number of nitrogens with zero attached hydrogens (tertiary/aromatic N) is 1. The maximum absolute atomic E-state index is 12.8. The Balaban J connectivity index is 1.89. The van der Waals surface area contributed by atoms with Crippen molar-refractivity contribution in [3.63, 3.8) is 0 Å². The van der Waals surface area contributed by atoms with Gasteiger partial charge in [0.2, 0.25) is 0 Å². The third-order valence-corrected chi connectivity index (χ3v) is 4.02. The molecule has 3 nitrogen and oxygen atoms in total. The normalized spacial score (nSPS) is 13.8. The molecule has 0 amide bonds. The molecule has 2 aromatic carbocycles. The van der Waals surface area contributed by atoms with Crippen molar-refractivity contribution >= 4 is 28.7 Å². The van der Waals surface area contributed by atoms with Gasteiger partial charge in [-0.2, -0.15) is 13.2 Å². The van der Waals surface area contributed by atoms with Crippen molar-refractivity contribution in [3.8, 4) is 0 Å². The van der Waals surface area contributed by atoms with Crippen LogP contribution in [-0.2, 0) is 19.3 Å².